The number of rotatable bonds is 6. The molecule has 28 heavy (non-hydrogen) atoms. The average Bonchev–Trinajstić information content (AvgIpc) is 2.68. The molecule has 0 unspecified atom stereocenters. The number of nitrogens with zero attached hydrogens (tertiary/aromatic N) is 1. The summed E-state index contributed by atoms with van der Waals surface area (Å²) >= 11 is 0. The number of nitrogens with one attached hydrogen (secondary N) is 2. The smallest absolute Gasteiger partial charge is 0.319 e. The number of hydrogen-bond acceptors (Lipinski definition) is 3. The molecule has 3 rings (SSSR count). The fraction of sp³-hybridized carbons (Fsp3) is 0.381. The standard InChI is InChI=1S/C21H25F2N3O2/c1-28-14-15-2-5-17(6-3-15)24-21(27)25-18-8-10-26(11-9-18)13-16-4-7-19(22)20(23)12-16/h2-7,12,18H,8-11,13-14H2,1H3,(H2,24,25,27). The molecule has 0 aliphatic carbocycles. The number of piperidine rings is 1. The molecule has 2 aromatic rings. The van der Waals surface area contributed by atoms with Crippen LogP contribution >= 0.6 is 0 Å². The molecule has 1 saturated heterocycles. The van der Waals surface area contributed by atoms with Crippen LogP contribution in [-0.4, -0.2) is 37.2 Å². The fourth-order valence-electron chi connectivity index (χ4n) is 3.34. The van der Waals surface area contributed by atoms with Gasteiger partial charge in [-0.3, -0.25) is 4.90 Å². The summed E-state index contributed by atoms with van der Waals surface area (Å²) in [6.45, 7) is 2.69. The van der Waals surface area contributed by atoms with Crippen LogP contribution in [-0.2, 0) is 17.9 Å². The molecule has 1 aliphatic heterocycles. The molecule has 2 amide bonds. The van der Waals surface area contributed by atoms with Crippen molar-refractivity contribution in [2.45, 2.75) is 32.0 Å². The van der Waals surface area contributed by atoms with Gasteiger partial charge in [0.05, 0.1) is 6.61 Å². The van der Waals surface area contributed by atoms with Crippen molar-refractivity contribution in [3.8, 4) is 0 Å². The van der Waals surface area contributed by atoms with Crippen LogP contribution in [0, 0.1) is 11.6 Å². The van der Waals surface area contributed by atoms with Crippen molar-refractivity contribution in [3.63, 3.8) is 0 Å². The van der Waals surface area contributed by atoms with Gasteiger partial charge in [0.15, 0.2) is 11.6 Å². The highest BCUT2D eigenvalue weighted by molar-refractivity contribution is 5.89. The number of anilines is 1. The normalized spacial score (nSPS) is 15.4. The number of likely N-dealkylation sites (tertiary alicyclic amines) is 1. The molecule has 1 fully saturated rings. The molecule has 0 aromatic heterocycles. The van der Waals surface area contributed by atoms with Crippen molar-refractivity contribution in [2.75, 3.05) is 25.5 Å². The molecule has 0 atom stereocenters. The van der Waals surface area contributed by atoms with E-state index in [1.54, 1.807) is 13.2 Å². The minimum absolute atomic E-state index is 0.0916. The molecule has 2 aromatic carbocycles. The van der Waals surface area contributed by atoms with Crippen LogP contribution in [0.1, 0.15) is 24.0 Å². The number of carbonyl (C=O) groups is 1. The molecule has 1 aliphatic rings. The van der Waals surface area contributed by atoms with Gasteiger partial charge in [0.25, 0.3) is 0 Å². The molecule has 5 nitrogen and oxygen atoms in total. The summed E-state index contributed by atoms with van der Waals surface area (Å²) in [4.78, 5) is 14.4. The van der Waals surface area contributed by atoms with Crippen LogP contribution in [0.5, 0.6) is 0 Å². The van der Waals surface area contributed by atoms with Gasteiger partial charge in [-0.1, -0.05) is 18.2 Å². The van der Waals surface area contributed by atoms with E-state index in [2.05, 4.69) is 15.5 Å². The molecule has 0 saturated carbocycles. The van der Waals surface area contributed by atoms with Crippen LogP contribution in [0.15, 0.2) is 42.5 Å². The molecule has 0 spiro atoms. The largest absolute Gasteiger partial charge is 0.380 e. The Hall–Kier alpha value is -2.51. The zero-order valence-electron chi connectivity index (χ0n) is 15.9. The van der Waals surface area contributed by atoms with E-state index >= 15 is 0 Å². The number of hydrogen-bond donors (Lipinski definition) is 2. The van der Waals surface area contributed by atoms with E-state index in [9.17, 15) is 13.6 Å². The van der Waals surface area contributed by atoms with Crippen LogP contribution in [0.2, 0.25) is 0 Å². The van der Waals surface area contributed by atoms with Gasteiger partial charge in [-0.05, 0) is 48.2 Å². The van der Waals surface area contributed by atoms with Crippen molar-refractivity contribution in [1.29, 1.82) is 0 Å². The van der Waals surface area contributed by atoms with Gasteiger partial charge in [-0.15, -0.1) is 0 Å². The summed E-state index contributed by atoms with van der Waals surface area (Å²) in [5.74, 6) is -1.65. The predicted molar refractivity (Wildman–Crippen MR) is 104 cm³/mol. The van der Waals surface area contributed by atoms with Crippen molar-refractivity contribution in [1.82, 2.24) is 10.2 Å². The second-order valence-corrected chi connectivity index (χ2v) is 7.03. The fourth-order valence-corrected chi connectivity index (χ4v) is 3.34. The van der Waals surface area contributed by atoms with E-state index in [1.807, 2.05) is 24.3 Å². The second kappa shape index (κ2) is 9.61. The summed E-state index contributed by atoms with van der Waals surface area (Å²) in [5.41, 5.74) is 2.52. The number of ether oxygens (including phenoxy) is 1. The van der Waals surface area contributed by atoms with Gasteiger partial charge in [0, 0.05) is 38.5 Å². The van der Waals surface area contributed by atoms with Crippen LogP contribution in [0.4, 0.5) is 19.3 Å². The lowest BCUT2D eigenvalue weighted by molar-refractivity contribution is 0.185. The zero-order chi connectivity index (χ0) is 19.9. The third-order valence-corrected chi connectivity index (χ3v) is 4.84. The summed E-state index contributed by atoms with van der Waals surface area (Å²) in [6.07, 6.45) is 1.62. The van der Waals surface area contributed by atoms with Gasteiger partial charge >= 0.3 is 6.03 Å². The summed E-state index contributed by atoms with van der Waals surface area (Å²) in [7, 11) is 1.64. The highest BCUT2D eigenvalue weighted by Gasteiger charge is 2.21. The van der Waals surface area contributed by atoms with Gasteiger partial charge in [0.2, 0.25) is 0 Å². The van der Waals surface area contributed by atoms with E-state index in [0.29, 0.717) is 13.2 Å². The van der Waals surface area contributed by atoms with E-state index in [0.717, 1.165) is 48.8 Å². The van der Waals surface area contributed by atoms with Crippen molar-refractivity contribution < 1.29 is 18.3 Å². The van der Waals surface area contributed by atoms with Crippen LogP contribution in [0.25, 0.3) is 0 Å². The highest BCUT2D eigenvalue weighted by atomic mass is 19.2. The molecule has 1 heterocycles. The topological polar surface area (TPSA) is 53.6 Å². The Kier molecular flexibility index (Phi) is 6.95. The number of amides is 2. The first-order chi connectivity index (χ1) is 13.5. The Labute approximate surface area is 163 Å². The number of halogens is 2. The molecule has 7 heteroatoms. The Morgan fingerprint density at radius 2 is 1.75 bits per heavy atom. The number of benzene rings is 2. The minimum atomic E-state index is -0.828. The number of methoxy groups -OCH3 is 1. The Morgan fingerprint density at radius 3 is 2.39 bits per heavy atom. The summed E-state index contributed by atoms with van der Waals surface area (Å²) in [6, 6.07) is 11.4. The first-order valence-electron chi connectivity index (χ1n) is 9.35. The predicted octanol–water partition coefficient (Wildman–Crippen LogP) is 3.90. The number of urea groups is 1. The van der Waals surface area contributed by atoms with Gasteiger partial charge in [-0.25, -0.2) is 13.6 Å². The minimum Gasteiger partial charge on any atom is -0.380 e. The highest BCUT2D eigenvalue weighted by Crippen LogP contribution is 2.16. The third kappa shape index (κ3) is 5.74. The van der Waals surface area contributed by atoms with E-state index in [-0.39, 0.29) is 12.1 Å². The van der Waals surface area contributed by atoms with Gasteiger partial charge < -0.3 is 15.4 Å². The lowest BCUT2D eigenvalue weighted by Gasteiger charge is -2.32. The molecular weight excluding hydrogens is 364 g/mol. The quantitative estimate of drug-likeness (QED) is 0.788. The first kappa shape index (κ1) is 20.2. The number of carbonyl (C=O) groups excluding carboxylic acids is 1. The molecular formula is C21H25F2N3O2. The van der Waals surface area contributed by atoms with E-state index < -0.39 is 11.6 Å². The molecule has 0 bridgehead atoms. The van der Waals surface area contributed by atoms with E-state index in [4.69, 9.17) is 4.74 Å². The van der Waals surface area contributed by atoms with Crippen molar-refractivity contribution >= 4 is 11.7 Å². The Bertz CT molecular complexity index is 791. The van der Waals surface area contributed by atoms with Crippen molar-refractivity contribution in [3.05, 3.63) is 65.2 Å². The lowest BCUT2D eigenvalue weighted by Crippen LogP contribution is -2.45. The summed E-state index contributed by atoms with van der Waals surface area (Å²) in [5, 5.41) is 5.84. The second-order valence-electron chi connectivity index (χ2n) is 7.03. The molecule has 150 valence electrons. The van der Waals surface area contributed by atoms with Gasteiger partial charge in [-0.2, -0.15) is 0 Å². The summed E-state index contributed by atoms with van der Waals surface area (Å²) < 4.78 is 31.4. The van der Waals surface area contributed by atoms with Crippen molar-refractivity contribution in [2.24, 2.45) is 0 Å². The monoisotopic (exact) mass is 389 g/mol. The third-order valence-electron chi connectivity index (χ3n) is 4.84. The zero-order valence-corrected chi connectivity index (χ0v) is 15.9. The van der Waals surface area contributed by atoms with E-state index in [1.165, 1.54) is 6.07 Å². The maximum absolute atomic E-state index is 13.3. The lowest BCUT2D eigenvalue weighted by atomic mass is 10.0. The Morgan fingerprint density at radius 1 is 1.07 bits per heavy atom. The van der Waals surface area contributed by atoms with Crippen LogP contribution < -0.4 is 10.6 Å². The molecule has 2 N–H and O–H groups in total. The maximum atomic E-state index is 13.3. The van der Waals surface area contributed by atoms with Gasteiger partial charge in [0.1, 0.15) is 0 Å². The average molecular weight is 389 g/mol. The SMILES string of the molecule is COCc1ccc(NC(=O)NC2CCN(Cc3ccc(F)c(F)c3)CC2)cc1. The van der Waals surface area contributed by atoms with Crippen LogP contribution in [0.3, 0.4) is 0 Å². The molecule has 0 radical (unpaired) electrons. The maximum Gasteiger partial charge on any atom is 0.319 e. The first-order valence-corrected chi connectivity index (χ1v) is 9.35. The Balaban J connectivity index is 1.42.